The molecule has 162 valence electrons. The van der Waals surface area contributed by atoms with E-state index in [1.807, 2.05) is 0 Å². The Morgan fingerprint density at radius 1 is 1.21 bits per heavy atom. The van der Waals surface area contributed by atoms with Gasteiger partial charge in [0.15, 0.2) is 0 Å². The molecule has 2 aliphatic rings. The first-order chi connectivity index (χ1) is 13.8. The fourth-order valence-corrected chi connectivity index (χ4v) is 5.60. The van der Waals surface area contributed by atoms with Crippen LogP contribution in [0, 0.1) is 0 Å². The van der Waals surface area contributed by atoms with Gasteiger partial charge in [-0.2, -0.15) is 4.31 Å². The summed E-state index contributed by atoms with van der Waals surface area (Å²) >= 11 is 1.30. The molecule has 8 nitrogen and oxygen atoms in total. The predicted molar refractivity (Wildman–Crippen MR) is 112 cm³/mol. The minimum atomic E-state index is -3.45. The zero-order valence-electron chi connectivity index (χ0n) is 17.1. The Hall–Kier alpha value is -1.20. The van der Waals surface area contributed by atoms with Gasteiger partial charge in [-0.3, -0.25) is 9.69 Å². The van der Waals surface area contributed by atoms with Crippen molar-refractivity contribution < 1.29 is 17.9 Å². The van der Waals surface area contributed by atoms with Crippen molar-refractivity contribution >= 4 is 27.7 Å². The lowest BCUT2D eigenvalue weighted by atomic mass is 10.0. The molecule has 2 aliphatic heterocycles. The highest BCUT2D eigenvalue weighted by atomic mass is 32.2. The van der Waals surface area contributed by atoms with Crippen LogP contribution < -0.4 is 5.32 Å². The molecule has 10 heteroatoms. The van der Waals surface area contributed by atoms with E-state index in [2.05, 4.69) is 29.0 Å². The van der Waals surface area contributed by atoms with E-state index < -0.39 is 10.0 Å². The second-order valence-electron chi connectivity index (χ2n) is 7.92. The molecule has 2 saturated heterocycles. The van der Waals surface area contributed by atoms with E-state index in [-0.39, 0.29) is 22.1 Å². The van der Waals surface area contributed by atoms with Crippen molar-refractivity contribution in [1.29, 1.82) is 0 Å². The van der Waals surface area contributed by atoms with Gasteiger partial charge in [-0.25, -0.2) is 13.4 Å². The maximum absolute atomic E-state index is 12.5. The van der Waals surface area contributed by atoms with E-state index in [4.69, 9.17) is 4.74 Å². The molecule has 0 atom stereocenters. The third-order valence-corrected chi connectivity index (χ3v) is 8.17. The Kier molecular flexibility index (Phi) is 7.55. The van der Waals surface area contributed by atoms with Crippen LogP contribution in [-0.2, 0) is 19.6 Å². The summed E-state index contributed by atoms with van der Waals surface area (Å²) in [6.07, 6.45) is 3.19. The molecular weight excluding hydrogens is 412 g/mol. The number of hydrogen-bond donors (Lipinski definition) is 1. The summed E-state index contributed by atoms with van der Waals surface area (Å²) < 4.78 is 31.9. The highest BCUT2D eigenvalue weighted by molar-refractivity contribution is 7.99. The van der Waals surface area contributed by atoms with Crippen LogP contribution in [-0.4, -0.2) is 85.7 Å². The molecule has 0 saturated carbocycles. The quantitative estimate of drug-likeness (QED) is 0.605. The van der Waals surface area contributed by atoms with Gasteiger partial charge in [0, 0.05) is 44.5 Å². The molecule has 3 rings (SSSR count). The van der Waals surface area contributed by atoms with Crippen LogP contribution >= 0.6 is 11.8 Å². The van der Waals surface area contributed by atoms with Crippen molar-refractivity contribution in [3.05, 3.63) is 18.3 Å². The average molecular weight is 443 g/mol. The van der Waals surface area contributed by atoms with Gasteiger partial charge in [0.2, 0.25) is 15.9 Å². The van der Waals surface area contributed by atoms with E-state index in [1.54, 1.807) is 12.1 Å². The molecule has 0 radical (unpaired) electrons. The number of pyridine rings is 1. The first kappa shape index (κ1) is 22.5. The number of rotatable bonds is 8. The minimum absolute atomic E-state index is 0.0631. The molecule has 0 aliphatic carbocycles. The molecule has 1 N–H and O–H groups in total. The van der Waals surface area contributed by atoms with E-state index >= 15 is 0 Å². The highest BCUT2D eigenvalue weighted by Crippen LogP contribution is 2.22. The standard InChI is InChI=1S/C19H30N4O4S2/c1-19(2,22-9-11-27-12-10-22)15-21-17(24)14-28-18-6-5-16(13-20-18)29(25,26)23-7-3-4-8-23/h5-6,13H,3-4,7-12,14-15H2,1-2H3,(H,21,24). The molecule has 0 unspecified atom stereocenters. The zero-order chi connectivity index (χ0) is 20.9. The van der Waals surface area contributed by atoms with Crippen molar-refractivity contribution in [2.75, 3.05) is 51.7 Å². The Morgan fingerprint density at radius 2 is 1.90 bits per heavy atom. The lowest BCUT2D eigenvalue weighted by Gasteiger charge is -2.40. The number of carbonyl (C=O) groups excluding carboxylic acids is 1. The summed E-state index contributed by atoms with van der Waals surface area (Å²) in [5.74, 6) is 0.177. The van der Waals surface area contributed by atoms with Gasteiger partial charge < -0.3 is 10.1 Å². The Labute approximate surface area is 177 Å². The number of nitrogens with one attached hydrogen (secondary N) is 1. The number of aromatic nitrogens is 1. The molecular formula is C19H30N4O4S2. The van der Waals surface area contributed by atoms with Crippen LogP contribution in [0.4, 0.5) is 0 Å². The Balaban J connectivity index is 1.46. The largest absolute Gasteiger partial charge is 0.379 e. The van der Waals surface area contributed by atoms with Gasteiger partial charge in [-0.1, -0.05) is 11.8 Å². The first-order valence-electron chi connectivity index (χ1n) is 9.97. The number of thioether (sulfide) groups is 1. The molecule has 1 aromatic rings. The third kappa shape index (κ3) is 5.91. The van der Waals surface area contributed by atoms with Crippen LogP contribution in [0.3, 0.4) is 0 Å². The highest BCUT2D eigenvalue weighted by Gasteiger charge is 2.29. The molecule has 29 heavy (non-hydrogen) atoms. The number of carbonyl (C=O) groups is 1. The van der Waals surface area contributed by atoms with Crippen LogP contribution in [0.15, 0.2) is 28.3 Å². The predicted octanol–water partition coefficient (Wildman–Crippen LogP) is 1.19. The maximum atomic E-state index is 12.5. The van der Waals surface area contributed by atoms with Crippen molar-refractivity contribution in [3.8, 4) is 0 Å². The second kappa shape index (κ2) is 9.74. The monoisotopic (exact) mass is 442 g/mol. The molecule has 1 aromatic heterocycles. The smallest absolute Gasteiger partial charge is 0.244 e. The van der Waals surface area contributed by atoms with Crippen molar-refractivity contribution in [2.24, 2.45) is 0 Å². The molecule has 2 fully saturated rings. The minimum Gasteiger partial charge on any atom is -0.379 e. The SMILES string of the molecule is CC(C)(CNC(=O)CSc1ccc(S(=O)(=O)N2CCCC2)cn1)N1CCOCC1. The van der Waals surface area contributed by atoms with E-state index in [1.165, 1.54) is 22.3 Å². The fraction of sp³-hybridized carbons (Fsp3) is 0.684. The summed E-state index contributed by atoms with van der Waals surface area (Å²) in [5, 5.41) is 3.62. The van der Waals surface area contributed by atoms with Crippen molar-refractivity contribution in [2.45, 2.75) is 42.1 Å². The number of hydrogen-bond acceptors (Lipinski definition) is 7. The maximum Gasteiger partial charge on any atom is 0.244 e. The normalized spacial score (nSPS) is 19.4. The van der Waals surface area contributed by atoms with Gasteiger partial charge in [0.1, 0.15) is 4.90 Å². The van der Waals surface area contributed by atoms with Gasteiger partial charge >= 0.3 is 0 Å². The summed E-state index contributed by atoms with van der Waals surface area (Å²) in [6, 6.07) is 3.24. The molecule has 0 aromatic carbocycles. The number of sulfonamides is 1. The van der Waals surface area contributed by atoms with Crippen LogP contribution in [0.25, 0.3) is 0 Å². The van der Waals surface area contributed by atoms with Crippen molar-refractivity contribution in [1.82, 2.24) is 19.5 Å². The topological polar surface area (TPSA) is 91.8 Å². The number of amides is 1. The zero-order valence-corrected chi connectivity index (χ0v) is 18.7. The van der Waals surface area contributed by atoms with Gasteiger partial charge in [-0.05, 0) is 38.8 Å². The third-order valence-electron chi connectivity index (χ3n) is 5.35. The molecule has 3 heterocycles. The Bertz CT molecular complexity index is 787. The van der Waals surface area contributed by atoms with Crippen LogP contribution in [0.2, 0.25) is 0 Å². The van der Waals surface area contributed by atoms with Gasteiger partial charge in [0.05, 0.1) is 24.0 Å². The summed E-state index contributed by atoms with van der Waals surface area (Å²) in [6.45, 7) is 9.12. The van der Waals surface area contributed by atoms with Gasteiger partial charge in [-0.15, -0.1) is 0 Å². The van der Waals surface area contributed by atoms with E-state index in [0.717, 1.165) is 39.1 Å². The Morgan fingerprint density at radius 3 is 2.52 bits per heavy atom. The first-order valence-corrected chi connectivity index (χ1v) is 12.4. The number of ether oxygens (including phenoxy) is 1. The fourth-order valence-electron chi connectivity index (χ4n) is 3.47. The number of morpholine rings is 1. The summed E-state index contributed by atoms with van der Waals surface area (Å²) in [5.41, 5.74) is -0.131. The van der Waals surface area contributed by atoms with Crippen LogP contribution in [0.5, 0.6) is 0 Å². The summed E-state index contributed by atoms with van der Waals surface area (Å²) in [4.78, 5) is 19.0. The average Bonchev–Trinajstić information content (AvgIpc) is 3.28. The molecule has 0 bridgehead atoms. The summed E-state index contributed by atoms with van der Waals surface area (Å²) in [7, 11) is -3.45. The lowest BCUT2D eigenvalue weighted by molar-refractivity contribution is -0.119. The lowest BCUT2D eigenvalue weighted by Crippen LogP contribution is -2.55. The van der Waals surface area contributed by atoms with E-state index in [9.17, 15) is 13.2 Å². The molecule has 1 amide bonds. The number of nitrogens with zero attached hydrogens (tertiary/aromatic N) is 3. The molecule has 0 spiro atoms. The van der Waals surface area contributed by atoms with Crippen LogP contribution in [0.1, 0.15) is 26.7 Å². The van der Waals surface area contributed by atoms with Crippen molar-refractivity contribution in [3.63, 3.8) is 0 Å². The van der Waals surface area contributed by atoms with E-state index in [0.29, 0.717) is 24.7 Å². The second-order valence-corrected chi connectivity index (χ2v) is 10.9. The van der Waals surface area contributed by atoms with Gasteiger partial charge in [0.25, 0.3) is 0 Å².